The number of rotatable bonds is 15. The van der Waals surface area contributed by atoms with Gasteiger partial charge in [-0.15, -0.1) is 0 Å². The Morgan fingerprint density at radius 3 is 1.98 bits per heavy atom. The van der Waals surface area contributed by atoms with E-state index in [-0.39, 0.29) is 17.3 Å². The second-order valence-electron chi connectivity index (χ2n) is 10.4. The fourth-order valence-electron chi connectivity index (χ4n) is 4.66. The number of unbranched alkanes of at least 4 members (excludes halogenated alkanes) is 1. The van der Waals surface area contributed by atoms with Gasteiger partial charge in [-0.2, -0.15) is 0 Å². The van der Waals surface area contributed by atoms with Crippen molar-refractivity contribution in [2.45, 2.75) is 44.0 Å². The molecule has 4 aromatic rings. The third kappa shape index (κ3) is 8.70. The molecular formula is C35H39N3O5S. The Morgan fingerprint density at radius 1 is 0.795 bits per heavy atom. The van der Waals surface area contributed by atoms with Gasteiger partial charge in [0.05, 0.1) is 10.6 Å². The molecule has 0 bridgehead atoms. The lowest BCUT2D eigenvalue weighted by Crippen LogP contribution is -2.52. The largest absolute Gasteiger partial charge is 0.457 e. The second-order valence-corrected chi connectivity index (χ2v) is 12.2. The van der Waals surface area contributed by atoms with Gasteiger partial charge in [-0.3, -0.25) is 13.9 Å². The zero-order valence-electron chi connectivity index (χ0n) is 25.1. The van der Waals surface area contributed by atoms with Gasteiger partial charge < -0.3 is 15.0 Å². The number of carbonyl (C=O) groups is 2. The van der Waals surface area contributed by atoms with Crippen LogP contribution in [0.25, 0.3) is 0 Å². The van der Waals surface area contributed by atoms with Gasteiger partial charge >= 0.3 is 0 Å². The van der Waals surface area contributed by atoms with Crippen LogP contribution in [0, 0.1) is 0 Å². The van der Waals surface area contributed by atoms with Crippen molar-refractivity contribution >= 4 is 27.5 Å². The lowest BCUT2D eigenvalue weighted by molar-refractivity contribution is -0.138. The number of nitrogens with one attached hydrogen (secondary N) is 1. The van der Waals surface area contributed by atoms with Crippen LogP contribution in [0.4, 0.5) is 5.69 Å². The molecule has 0 saturated carbocycles. The van der Waals surface area contributed by atoms with Crippen LogP contribution in [0.2, 0.25) is 0 Å². The normalized spacial score (nSPS) is 11.8. The minimum atomic E-state index is -4.14. The number of anilines is 1. The minimum absolute atomic E-state index is 0.0543. The van der Waals surface area contributed by atoms with Crippen molar-refractivity contribution in [1.29, 1.82) is 0 Å². The maximum absolute atomic E-state index is 14.0. The van der Waals surface area contributed by atoms with Crippen molar-refractivity contribution in [1.82, 2.24) is 10.2 Å². The molecule has 0 aromatic heterocycles. The molecule has 4 aromatic carbocycles. The maximum atomic E-state index is 14.0. The van der Waals surface area contributed by atoms with Crippen molar-refractivity contribution in [2.24, 2.45) is 0 Å². The molecule has 0 aliphatic carbocycles. The Balaban J connectivity index is 1.63. The van der Waals surface area contributed by atoms with Crippen LogP contribution in [-0.4, -0.2) is 50.8 Å². The van der Waals surface area contributed by atoms with Gasteiger partial charge in [0, 0.05) is 13.1 Å². The first-order valence-corrected chi connectivity index (χ1v) is 16.3. The molecule has 0 radical (unpaired) electrons. The molecule has 9 heteroatoms. The van der Waals surface area contributed by atoms with E-state index in [1.54, 1.807) is 49.4 Å². The topological polar surface area (TPSA) is 96.0 Å². The number of ether oxygens (including phenoxy) is 1. The average Bonchev–Trinajstić information content (AvgIpc) is 3.05. The molecular weight excluding hydrogens is 574 g/mol. The van der Waals surface area contributed by atoms with Crippen LogP contribution in [0.15, 0.2) is 120 Å². The zero-order chi connectivity index (χ0) is 31.4. The van der Waals surface area contributed by atoms with E-state index in [1.165, 1.54) is 17.0 Å². The number of nitrogens with zero attached hydrogens (tertiary/aromatic N) is 2. The van der Waals surface area contributed by atoms with Crippen LogP contribution < -0.4 is 14.4 Å². The van der Waals surface area contributed by atoms with Crippen LogP contribution in [0.3, 0.4) is 0 Å². The fourth-order valence-corrected chi connectivity index (χ4v) is 6.09. The van der Waals surface area contributed by atoms with E-state index < -0.39 is 28.5 Å². The Kier molecular flexibility index (Phi) is 11.5. The zero-order valence-corrected chi connectivity index (χ0v) is 26.0. The van der Waals surface area contributed by atoms with Crippen molar-refractivity contribution in [3.05, 3.63) is 121 Å². The van der Waals surface area contributed by atoms with Crippen LogP contribution in [0.5, 0.6) is 11.5 Å². The van der Waals surface area contributed by atoms with Crippen LogP contribution in [-0.2, 0) is 26.0 Å². The van der Waals surface area contributed by atoms with E-state index >= 15 is 0 Å². The lowest BCUT2D eigenvalue weighted by Gasteiger charge is -2.32. The molecule has 0 saturated heterocycles. The summed E-state index contributed by atoms with van der Waals surface area (Å²) >= 11 is 0. The molecule has 4 rings (SSSR count). The van der Waals surface area contributed by atoms with Gasteiger partial charge in [-0.05, 0) is 73.9 Å². The number of sulfonamides is 1. The molecule has 0 aliphatic rings. The Hall–Kier alpha value is -4.63. The van der Waals surface area contributed by atoms with Crippen molar-refractivity contribution in [3.63, 3.8) is 0 Å². The lowest BCUT2D eigenvalue weighted by atomic mass is 10.1. The number of hydrogen-bond acceptors (Lipinski definition) is 5. The molecule has 0 fully saturated rings. The summed E-state index contributed by atoms with van der Waals surface area (Å²) in [6, 6.07) is 32.7. The summed E-state index contributed by atoms with van der Waals surface area (Å²) in [6.45, 7) is 3.97. The summed E-state index contributed by atoms with van der Waals surface area (Å²) < 4.78 is 34.9. The molecule has 1 atom stereocenters. The van der Waals surface area contributed by atoms with Gasteiger partial charge in [0.2, 0.25) is 11.8 Å². The van der Waals surface area contributed by atoms with Crippen molar-refractivity contribution in [2.75, 3.05) is 23.9 Å². The number of hydrogen-bond donors (Lipinski definition) is 1. The van der Waals surface area contributed by atoms with Gasteiger partial charge in [-0.1, -0.05) is 80.1 Å². The van der Waals surface area contributed by atoms with Gasteiger partial charge in [0.15, 0.2) is 0 Å². The molecule has 230 valence electrons. The number of para-hydroxylation sites is 1. The van der Waals surface area contributed by atoms with E-state index in [4.69, 9.17) is 4.74 Å². The third-order valence-electron chi connectivity index (χ3n) is 7.19. The highest BCUT2D eigenvalue weighted by atomic mass is 32.2. The molecule has 0 unspecified atom stereocenters. The molecule has 0 spiro atoms. The first-order chi connectivity index (χ1) is 21.3. The van der Waals surface area contributed by atoms with E-state index in [9.17, 15) is 18.0 Å². The van der Waals surface area contributed by atoms with Gasteiger partial charge in [0.1, 0.15) is 24.1 Å². The van der Waals surface area contributed by atoms with Crippen molar-refractivity contribution < 1.29 is 22.7 Å². The molecule has 44 heavy (non-hydrogen) atoms. The second kappa shape index (κ2) is 15.7. The first-order valence-electron chi connectivity index (χ1n) is 14.8. The van der Waals surface area contributed by atoms with E-state index in [1.807, 2.05) is 67.6 Å². The standard InChI is InChI=1S/C35H39N3O5S/c1-3-4-25-36-35(40)28(2)37(26-24-29-14-8-5-9-15-29)34(39)27-38(44(41,42)33-18-12-7-13-19-33)30-20-22-32(23-21-30)43-31-16-10-6-11-17-31/h5-23,28H,3-4,24-27H2,1-2H3,(H,36,40)/t28-/m0/s1. The average molecular weight is 614 g/mol. The number of benzene rings is 4. The molecule has 0 heterocycles. The Morgan fingerprint density at radius 2 is 1.36 bits per heavy atom. The summed E-state index contributed by atoms with van der Waals surface area (Å²) in [6.07, 6.45) is 2.26. The van der Waals surface area contributed by atoms with Crippen LogP contribution >= 0.6 is 0 Å². The number of carbonyl (C=O) groups excluding carboxylic acids is 2. The van der Waals surface area contributed by atoms with Gasteiger partial charge in [-0.25, -0.2) is 8.42 Å². The quantitative estimate of drug-likeness (QED) is 0.165. The minimum Gasteiger partial charge on any atom is -0.457 e. The highest BCUT2D eigenvalue weighted by molar-refractivity contribution is 7.92. The number of amides is 2. The van der Waals surface area contributed by atoms with E-state index in [2.05, 4.69) is 5.32 Å². The summed E-state index contributed by atoms with van der Waals surface area (Å²) in [5.74, 6) is 0.401. The highest BCUT2D eigenvalue weighted by Gasteiger charge is 2.32. The van der Waals surface area contributed by atoms with Crippen LogP contribution in [0.1, 0.15) is 32.3 Å². The predicted octanol–water partition coefficient (Wildman–Crippen LogP) is 6.05. The molecule has 2 amide bonds. The maximum Gasteiger partial charge on any atom is 0.264 e. The first kappa shape index (κ1) is 32.3. The van der Waals surface area contributed by atoms with Crippen molar-refractivity contribution in [3.8, 4) is 11.5 Å². The summed E-state index contributed by atoms with van der Waals surface area (Å²) in [5, 5.41) is 2.91. The Bertz CT molecular complexity index is 1580. The van der Waals surface area contributed by atoms with Gasteiger partial charge in [0.25, 0.3) is 10.0 Å². The SMILES string of the molecule is CCCCNC(=O)[C@H](C)N(CCc1ccccc1)C(=O)CN(c1ccc(Oc2ccccc2)cc1)S(=O)(=O)c1ccccc1. The van der Waals surface area contributed by atoms with E-state index in [0.717, 1.165) is 22.7 Å². The predicted molar refractivity (Wildman–Crippen MR) is 173 cm³/mol. The fraction of sp³-hybridized carbons (Fsp3) is 0.257. The molecule has 1 N–H and O–H groups in total. The smallest absolute Gasteiger partial charge is 0.264 e. The highest BCUT2D eigenvalue weighted by Crippen LogP contribution is 2.28. The van der Waals surface area contributed by atoms with E-state index in [0.29, 0.717) is 30.2 Å². The summed E-state index contributed by atoms with van der Waals surface area (Å²) in [5.41, 5.74) is 1.30. The molecule has 8 nitrogen and oxygen atoms in total. The summed E-state index contributed by atoms with van der Waals surface area (Å²) in [7, 11) is -4.14. The monoisotopic (exact) mass is 613 g/mol. The summed E-state index contributed by atoms with van der Waals surface area (Å²) in [4.78, 5) is 28.6. The molecule has 0 aliphatic heterocycles. The Labute approximate surface area is 260 Å². The third-order valence-corrected chi connectivity index (χ3v) is 8.98.